The zero-order valence-electron chi connectivity index (χ0n) is 12.9. The number of hydrogen-bond donors (Lipinski definition) is 1. The van der Waals surface area contributed by atoms with Crippen LogP contribution in [-0.2, 0) is 17.9 Å². The quantitative estimate of drug-likeness (QED) is 0.679. The predicted octanol–water partition coefficient (Wildman–Crippen LogP) is 4.26. The van der Waals surface area contributed by atoms with E-state index in [1.807, 2.05) is 6.07 Å². The van der Waals surface area contributed by atoms with Crippen LogP contribution in [0.4, 0.5) is 0 Å². The molecule has 1 rings (SSSR count). The van der Waals surface area contributed by atoms with E-state index in [1.54, 1.807) is 6.26 Å². The maximum Gasteiger partial charge on any atom is 0.133 e. The van der Waals surface area contributed by atoms with E-state index in [9.17, 15) is 0 Å². The third kappa shape index (κ3) is 7.38. The molecule has 1 heterocycles. The third-order valence-corrected chi connectivity index (χ3v) is 3.02. The van der Waals surface area contributed by atoms with Crippen molar-refractivity contribution in [3.63, 3.8) is 0 Å². The highest BCUT2D eigenvalue weighted by molar-refractivity contribution is 5.16. The number of hydrogen-bond acceptors (Lipinski definition) is 3. The molecular weight excluding hydrogens is 238 g/mol. The second-order valence-corrected chi connectivity index (χ2v) is 6.09. The van der Waals surface area contributed by atoms with Gasteiger partial charge in [0.15, 0.2) is 0 Å². The van der Waals surface area contributed by atoms with E-state index in [1.165, 1.54) is 24.8 Å². The van der Waals surface area contributed by atoms with Crippen LogP contribution >= 0.6 is 0 Å². The number of nitrogens with one attached hydrogen (secondary N) is 1. The average molecular weight is 267 g/mol. The molecule has 110 valence electrons. The first-order valence-electron chi connectivity index (χ1n) is 7.41. The average Bonchev–Trinajstić information content (AvgIpc) is 2.78. The lowest BCUT2D eigenvalue weighted by molar-refractivity contribution is 0.101. The fourth-order valence-electron chi connectivity index (χ4n) is 1.81. The predicted molar refractivity (Wildman–Crippen MR) is 79.1 cm³/mol. The van der Waals surface area contributed by atoms with Gasteiger partial charge in [0.2, 0.25) is 0 Å². The van der Waals surface area contributed by atoms with Crippen molar-refractivity contribution in [2.45, 2.75) is 72.1 Å². The Bertz CT molecular complexity index is 339. The molecule has 0 aliphatic heterocycles. The standard InChI is InChI=1S/C16H29NO2/c1-5-6-7-8-10-18-13-15-14(9-11-19-15)12-17-16(2,3)4/h9,11,17H,5-8,10,12-13H2,1-4H3. The monoisotopic (exact) mass is 267 g/mol. The molecule has 0 fully saturated rings. The maximum absolute atomic E-state index is 5.68. The van der Waals surface area contributed by atoms with E-state index in [0.29, 0.717) is 6.61 Å². The van der Waals surface area contributed by atoms with Crippen LogP contribution in [0, 0.1) is 0 Å². The molecule has 0 saturated heterocycles. The number of rotatable bonds is 9. The smallest absolute Gasteiger partial charge is 0.133 e. The van der Waals surface area contributed by atoms with Crippen molar-refractivity contribution < 1.29 is 9.15 Å². The largest absolute Gasteiger partial charge is 0.467 e. The zero-order chi connectivity index (χ0) is 14.1. The first-order chi connectivity index (χ1) is 9.03. The normalized spacial score (nSPS) is 12.0. The van der Waals surface area contributed by atoms with Gasteiger partial charge in [0.05, 0.1) is 6.26 Å². The highest BCUT2D eigenvalue weighted by Crippen LogP contribution is 2.13. The molecule has 1 N–H and O–H groups in total. The Morgan fingerprint density at radius 2 is 2.00 bits per heavy atom. The van der Waals surface area contributed by atoms with Crippen LogP contribution in [0.2, 0.25) is 0 Å². The molecule has 0 radical (unpaired) electrons. The van der Waals surface area contributed by atoms with E-state index >= 15 is 0 Å². The summed E-state index contributed by atoms with van der Waals surface area (Å²) in [5.74, 6) is 0.951. The van der Waals surface area contributed by atoms with Gasteiger partial charge in [-0.1, -0.05) is 26.2 Å². The molecule has 1 aromatic heterocycles. The fourth-order valence-corrected chi connectivity index (χ4v) is 1.81. The molecule has 0 aliphatic carbocycles. The van der Waals surface area contributed by atoms with Crippen LogP contribution in [0.1, 0.15) is 64.7 Å². The van der Waals surface area contributed by atoms with Gasteiger partial charge in [-0.25, -0.2) is 0 Å². The lowest BCUT2D eigenvalue weighted by Crippen LogP contribution is -2.35. The van der Waals surface area contributed by atoms with Gasteiger partial charge < -0.3 is 14.5 Å². The van der Waals surface area contributed by atoms with Gasteiger partial charge in [-0.2, -0.15) is 0 Å². The Kier molecular flexibility index (Phi) is 7.17. The molecule has 0 aliphatic rings. The molecular formula is C16H29NO2. The van der Waals surface area contributed by atoms with Gasteiger partial charge in [-0.05, 0) is 33.3 Å². The lowest BCUT2D eigenvalue weighted by atomic mass is 10.1. The van der Waals surface area contributed by atoms with Crippen molar-refractivity contribution in [3.8, 4) is 0 Å². The Hall–Kier alpha value is -0.800. The molecule has 0 spiro atoms. The van der Waals surface area contributed by atoms with Crippen molar-refractivity contribution in [1.82, 2.24) is 5.32 Å². The summed E-state index contributed by atoms with van der Waals surface area (Å²) in [6.45, 7) is 10.9. The minimum absolute atomic E-state index is 0.121. The second-order valence-electron chi connectivity index (χ2n) is 6.09. The molecule has 0 aromatic carbocycles. The summed E-state index contributed by atoms with van der Waals surface area (Å²) in [4.78, 5) is 0. The highest BCUT2D eigenvalue weighted by Gasteiger charge is 2.12. The van der Waals surface area contributed by atoms with E-state index in [0.717, 1.165) is 25.3 Å². The Balaban J connectivity index is 2.25. The molecule has 3 nitrogen and oxygen atoms in total. The first-order valence-corrected chi connectivity index (χ1v) is 7.41. The summed E-state index contributed by atoms with van der Waals surface area (Å²) < 4.78 is 11.2. The van der Waals surface area contributed by atoms with Gasteiger partial charge in [-0.3, -0.25) is 0 Å². The fraction of sp³-hybridized carbons (Fsp3) is 0.750. The molecule has 0 unspecified atom stereocenters. The van der Waals surface area contributed by atoms with Gasteiger partial charge in [-0.15, -0.1) is 0 Å². The van der Waals surface area contributed by atoms with Crippen LogP contribution in [0.15, 0.2) is 16.7 Å². The van der Waals surface area contributed by atoms with Gasteiger partial charge in [0.1, 0.15) is 12.4 Å². The molecule has 0 saturated carbocycles. The Labute approximate surface area is 117 Å². The number of unbranched alkanes of at least 4 members (excludes halogenated alkanes) is 3. The number of furan rings is 1. The van der Waals surface area contributed by atoms with Gasteiger partial charge in [0.25, 0.3) is 0 Å². The van der Waals surface area contributed by atoms with Crippen LogP contribution in [-0.4, -0.2) is 12.1 Å². The third-order valence-electron chi connectivity index (χ3n) is 3.02. The summed E-state index contributed by atoms with van der Waals surface area (Å²) in [7, 11) is 0. The second kappa shape index (κ2) is 8.39. The molecule has 1 aromatic rings. The van der Waals surface area contributed by atoms with Crippen molar-refractivity contribution >= 4 is 0 Å². The minimum atomic E-state index is 0.121. The maximum atomic E-state index is 5.68. The van der Waals surface area contributed by atoms with E-state index < -0.39 is 0 Å². The van der Waals surface area contributed by atoms with Crippen molar-refractivity contribution in [2.75, 3.05) is 6.61 Å². The summed E-state index contributed by atoms with van der Waals surface area (Å²) in [5.41, 5.74) is 1.32. The van der Waals surface area contributed by atoms with Crippen LogP contribution in [0.3, 0.4) is 0 Å². The molecule has 0 amide bonds. The molecule has 0 atom stereocenters. The van der Waals surface area contributed by atoms with Crippen molar-refractivity contribution in [2.24, 2.45) is 0 Å². The van der Waals surface area contributed by atoms with E-state index in [2.05, 4.69) is 33.0 Å². The summed E-state index contributed by atoms with van der Waals surface area (Å²) >= 11 is 0. The number of ether oxygens (including phenoxy) is 1. The SMILES string of the molecule is CCCCCCOCc1occc1CNC(C)(C)C. The zero-order valence-corrected chi connectivity index (χ0v) is 12.9. The first kappa shape index (κ1) is 16.3. The van der Waals surface area contributed by atoms with Crippen LogP contribution < -0.4 is 5.32 Å². The summed E-state index contributed by atoms with van der Waals surface area (Å²) in [6.07, 6.45) is 6.71. The van der Waals surface area contributed by atoms with Crippen LogP contribution in [0.5, 0.6) is 0 Å². The highest BCUT2D eigenvalue weighted by atomic mass is 16.5. The Morgan fingerprint density at radius 3 is 2.68 bits per heavy atom. The minimum Gasteiger partial charge on any atom is -0.467 e. The van der Waals surface area contributed by atoms with E-state index in [-0.39, 0.29) is 5.54 Å². The summed E-state index contributed by atoms with van der Waals surface area (Å²) in [6, 6.07) is 2.02. The van der Waals surface area contributed by atoms with E-state index in [4.69, 9.17) is 9.15 Å². The molecule has 19 heavy (non-hydrogen) atoms. The lowest BCUT2D eigenvalue weighted by Gasteiger charge is -2.20. The molecule has 3 heteroatoms. The molecule has 0 bridgehead atoms. The summed E-state index contributed by atoms with van der Waals surface area (Å²) in [5, 5.41) is 3.47. The van der Waals surface area contributed by atoms with Gasteiger partial charge >= 0.3 is 0 Å². The topological polar surface area (TPSA) is 34.4 Å². The van der Waals surface area contributed by atoms with Crippen molar-refractivity contribution in [3.05, 3.63) is 23.7 Å². The van der Waals surface area contributed by atoms with Gasteiger partial charge in [0, 0.05) is 24.3 Å². The van der Waals surface area contributed by atoms with Crippen LogP contribution in [0.25, 0.3) is 0 Å². The van der Waals surface area contributed by atoms with Crippen molar-refractivity contribution in [1.29, 1.82) is 0 Å². The Morgan fingerprint density at radius 1 is 1.21 bits per heavy atom.